The molecule has 1 aliphatic heterocycles. The fourth-order valence-electron chi connectivity index (χ4n) is 6.83. The number of alkyl halides is 6. The van der Waals surface area contributed by atoms with Gasteiger partial charge in [0.15, 0.2) is 5.75 Å². The molecule has 1 amide bonds. The molecule has 0 atom stereocenters. The van der Waals surface area contributed by atoms with Gasteiger partial charge in [-0.25, -0.2) is 4.39 Å². The quantitative estimate of drug-likeness (QED) is 0.156. The summed E-state index contributed by atoms with van der Waals surface area (Å²) in [5.74, 6) is -3.04. The van der Waals surface area contributed by atoms with E-state index in [2.05, 4.69) is 10.2 Å². The van der Waals surface area contributed by atoms with Crippen molar-refractivity contribution in [3.05, 3.63) is 94.8 Å². The lowest BCUT2D eigenvalue weighted by molar-refractivity contribution is -0.145. The number of piperidine rings is 1. The lowest BCUT2D eigenvalue weighted by Crippen LogP contribution is -2.49. The SMILES string of the molecule is CCC(=O)Oc1c(NC(=O)C2(c3ccccc3)CCC(N3CCC(c4ccc(F)cc4)CC3)CC2)cc(C(F)(F)F)cc1C(F)(F)F. The Labute approximate surface area is 268 Å². The van der Waals surface area contributed by atoms with Crippen LogP contribution in [-0.2, 0) is 27.4 Å². The minimum absolute atomic E-state index is 0.120. The first kappa shape index (κ1) is 34.4. The van der Waals surface area contributed by atoms with E-state index in [1.54, 1.807) is 42.5 Å². The van der Waals surface area contributed by atoms with Gasteiger partial charge in [-0.15, -0.1) is 0 Å². The summed E-state index contributed by atoms with van der Waals surface area (Å²) in [7, 11) is 0. The summed E-state index contributed by atoms with van der Waals surface area (Å²) in [5.41, 5.74) is -3.92. The highest BCUT2D eigenvalue weighted by atomic mass is 19.4. The Morgan fingerprint density at radius 3 is 2.04 bits per heavy atom. The summed E-state index contributed by atoms with van der Waals surface area (Å²) >= 11 is 0. The Balaban J connectivity index is 1.41. The van der Waals surface area contributed by atoms with Crippen molar-refractivity contribution in [3.8, 4) is 5.75 Å². The van der Waals surface area contributed by atoms with Crippen LogP contribution < -0.4 is 10.1 Å². The molecule has 1 N–H and O–H groups in total. The van der Waals surface area contributed by atoms with Gasteiger partial charge in [0, 0.05) is 12.5 Å². The molecule has 1 heterocycles. The zero-order valence-electron chi connectivity index (χ0n) is 25.7. The lowest BCUT2D eigenvalue weighted by atomic mass is 9.67. The van der Waals surface area contributed by atoms with Gasteiger partial charge < -0.3 is 15.0 Å². The molecule has 2 aliphatic rings. The van der Waals surface area contributed by atoms with Crippen LogP contribution in [0.5, 0.6) is 5.75 Å². The van der Waals surface area contributed by atoms with Crippen LogP contribution in [0, 0.1) is 5.82 Å². The number of anilines is 1. The molecule has 0 radical (unpaired) electrons. The molecule has 0 spiro atoms. The number of hydrogen-bond acceptors (Lipinski definition) is 4. The zero-order valence-corrected chi connectivity index (χ0v) is 25.7. The van der Waals surface area contributed by atoms with Gasteiger partial charge in [0.25, 0.3) is 0 Å². The van der Waals surface area contributed by atoms with Crippen LogP contribution in [0.25, 0.3) is 0 Å². The summed E-state index contributed by atoms with van der Waals surface area (Å²) in [5, 5.41) is 2.34. The van der Waals surface area contributed by atoms with Crippen molar-refractivity contribution in [1.82, 2.24) is 4.90 Å². The molecular weight excluding hydrogens is 629 g/mol. The topological polar surface area (TPSA) is 58.6 Å². The van der Waals surface area contributed by atoms with Gasteiger partial charge in [-0.3, -0.25) is 9.59 Å². The van der Waals surface area contributed by atoms with Crippen LogP contribution in [0.3, 0.4) is 0 Å². The highest BCUT2D eigenvalue weighted by molar-refractivity contribution is 6.01. The van der Waals surface area contributed by atoms with E-state index in [-0.39, 0.29) is 24.3 Å². The van der Waals surface area contributed by atoms with Crippen LogP contribution in [0.4, 0.5) is 36.4 Å². The van der Waals surface area contributed by atoms with Crippen LogP contribution in [0.2, 0.25) is 0 Å². The Hall–Kier alpha value is -3.93. The number of esters is 1. The van der Waals surface area contributed by atoms with Crippen molar-refractivity contribution >= 4 is 17.6 Å². The second-order valence-electron chi connectivity index (χ2n) is 12.2. The molecule has 3 aromatic rings. The van der Waals surface area contributed by atoms with Crippen LogP contribution in [-0.4, -0.2) is 35.9 Å². The van der Waals surface area contributed by atoms with E-state index in [9.17, 15) is 40.3 Å². The highest BCUT2D eigenvalue weighted by Crippen LogP contribution is 2.47. The zero-order chi connectivity index (χ0) is 34.0. The van der Waals surface area contributed by atoms with Crippen molar-refractivity contribution < 1.29 is 45.1 Å². The van der Waals surface area contributed by atoms with E-state index in [1.165, 1.54) is 19.1 Å². The standard InChI is InChI=1S/C35H35F7N2O3/c1-2-30(45)47-31-28(35(40,41)42)20-25(34(37,38)39)21-29(31)43-32(46)33(24-6-4-3-5-7-24)16-12-27(13-17-33)44-18-14-23(15-19-44)22-8-10-26(36)11-9-22/h3-11,20-21,23,27H,2,12-19H2,1H3,(H,43,46). The number of nitrogens with one attached hydrogen (secondary N) is 1. The number of ether oxygens (including phenoxy) is 1. The lowest BCUT2D eigenvalue weighted by Gasteiger charge is -2.45. The predicted molar refractivity (Wildman–Crippen MR) is 161 cm³/mol. The molecule has 0 bridgehead atoms. The number of benzene rings is 3. The predicted octanol–water partition coefficient (Wildman–Crippen LogP) is 8.88. The first-order valence-electron chi connectivity index (χ1n) is 15.6. The first-order chi connectivity index (χ1) is 22.2. The van der Waals surface area contributed by atoms with Gasteiger partial charge in [-0.1, -0.05) is 49.4 Å². The van der Waals surface area contributed by atoms with Crippen molar-refractivity contribution in [2.45, 2.75) is 81.6 Å². The Kier molecular flexibility index (Phi) is 10.0. The third-order valence-corrected chi connectivity index (χ3v) is 9.43. The molecule has 3 aromatic carbocycles. The number of carbonyl (C=O) groups is 2. The maximum absolute atomic E-state index is 14.2. The third kappa shape index (κ3) is 7.63. The first-order valence-corrected chi connectivity index (χ1v) is 15.6. The van der Waals surface area contributed by atoms with Crippen molar-refractivity contribution in [2.75, 3.05) is 18.4 Å². The van der Waals surface area contributed by atoms with Gasteiger partial charge in [-0.2, -0.15) is 26.3 Å². The molecular formula is C35H35F7N2O3. The highest BCUT2D eigenvalue weighted by Gasteiger charge is 2.46. The average Bonchev–Trinajstić information content (AvgIpc) is 3.05. The number of hydrogen-bond donors (Lipinski definition) is 1. The molecule has 1 saturated carbocycles. The molecule has 1 aliphatic carbocycles. The van der Waals surface area contributed by atoms with Crippen molar-refractivity contribution in [1.29, 1.82) is 0 Å². The molecule has 47 heavy (non-hydrogen) atoms. The molecule has 1 saturated heterocycles. The maximum Gasteiger partial charge on any atom is 0.420 e. The van der Waals surface area contributed by atoms with E-state index in [1.807, 2.05) is 0 Å². The van der Waals surface area contributed by atoms with E-state index in [0.29, 0.717) is 43.2 Å². The second kappa shape index (κ2) is 13.7. The maximum atomic E-state index is 14.2. The Morgan fingerprint density at radius 1 is 0.872 bits per heavy atom. The second-order valence-corrected chi connectivity index (χ2v) is 12.2. The van der Waals surface area contributed by atoms with Crippen LogP contribution >= 0.6 is 0 Å². The molecule has 0 unspecified atom stereocenters. The van der Waals surface area contributed by atoms with E-state index in [4.69, 9.17) is 4.74 Å². The number of carbonyl (C=O) groups excluding carboxylic acids is 2. The molecule has 5 nitrogen and oxygen atoms in total. The Morgan fingerprint density at radius 2 is 1.49 bits per heavy atom. The summed E-state index contributed by atoms with van der Waals surface area (Å²) < 4.78 is 102. The van der Waals surface area contributed by atoms with Gasteiger partial charge in [-0.05, 0) is 92.9 Å². The number of likely N-dealkylation sites (tertiary alicyclic amines) is 1. The molecule has 5 rings (SSSR count). The third-order valence-electron chi connectivity index (χ3n) is 9.43. The fourth-order valence-corrected chi connectivity index (χ4v) is 6.83. The molecule has 2 fully saturated rings. The normalized spacial score (nSPS) is 21.3. The van der Waals surface area contributed by atoms with Crippen molar-refractivity contribution in [2.24, 2.45) is 0 Å². The Bertz CT molecular complexity index is 1560. The summed E-state index contributed by atoms with van der Waals surface area (Å²) in [6, 6.07) is 15.5. The van der Waals surface area contributed by atoms with Gasteiger partial charge in [0.05, 0.1) is 16.7 Å². The minimum atomic E-state index is -5.32. The average molecular weight is 665 g/mol. The smallest absolute Gasteiger partial charge is 0.420 e. The monoisotopic (exact) mass is 664 g/mol. The van der Waals surface area contributed by atoms with E-state index < -0.39 is 52.2 Å². The van der Waals surface area contributed by atoms with E-state index >= 15 is 0 Å². The number of halogens is 7. The summed E-state index contributed by atoms with van der Waals surface area (Å²) in [6.45, 7) is 2.92. The van der Waals surface area contributed by atoms with Gasteiger partial charge >= 0.3 is 18.3 Å². The minimum Gasteiger partial charge on any atom is -0.424 e. The van der Waals surface area contributed by atoms with Gasteiger partial charge in [0.2, 0.25) is 5.91 Å². The number of amides is 1. The van der Waals surface area contributed by atoms with Gasteiger partial charge in [0.1, 0.15) is 11.4 Å². The van der Waals surface area contributed by atoms with Crippen LogP contribution in [0.15, 0.2) is 66.7 Å². The largest absolute Gasteiger partial charge is 0.424 e. The van der Waals surface area contributed by atoms with Crippen LogP contribution in [0.1, 0.15) is 80.0 Å². The summed E-state index contributed by atoms with van der Waals surface area (Å²) in [4.78, 5) is 28.7. The molecule has 252 valence electrons. The number of nitrogens with zero attached hydrogens (tertiary/aromatic N) is 1. The fraction of sp³-hybridized carbons (Fsp3) is 0.429. The summed E-state index contributed by atoms with van der Waals surface area (Å²) in [6.07, 6.45) is -7.36. The van der Waals surface area contributed by atoms with E-state index in [0.717, 1.165) is 31.5 Å². The number of rotatable bonds is 7. The molecule has 0 aromatic heterocycles. The van der Waals surface area contributed by atoms with Crippen molar-refractivity contribution in [3.63, 3.8) is 0 Å². The molecule has 12 heteroatoms.